The van der Waals surface area contributed by atoms with Gasteiger partial charge in [0.1, 0.15) is 0 Å². The van der Waals surface area contributed by atoms with Gasteiger partial charge in [-0.2, -0.15) is 0 Å². The van der Waals surface area contributed by atoms with Crippen LogP contribution in [0.15, 0.2) is 12.5 Å². The molecular formula is C14H20N4O2. The van der Waals surface area contributed by atoms with Gasteiger partial charge in [0.15, 0.2) is 0 Å². The molecule has 6 heteroatoms. The number of rotatable bonds is 2. The quantitative estimate of drug-likeness (QED) is 0.796. The molecule has 0 radical (unpaired) electrons. The van der Waals surface area contributed by atoms with Gasteiger partial charge in [0.2, 0.25) is 11.8 Å². The summed E-state index contributed by atoms with van der Waals surface area (Å²) in [5.74, 6) is 0.172. The van der Waals surface area contributed by atoms with Crippen LogP contribution < -0.4 is 0 Å². The highest BCUT2D eigenvalue weighted by Crippen LogP contribution is 2.14. The normalized spacial score (nSPS) is 19.7. The molecule has 0 bridgehead atoms. The Bertz CT molecular complexity index is 511. The van der Waals surface area contributed by atoms with Crippen molar-refractivity contribution >= 4 is 11.8 Å². The summed E-state index contributed by atoms with van der Waals surface area (Å²) in [5, 5.41) is 0. The van der Waals surface area contributed by atoms with Crippen molar-refractivity contribution < 1.29 is 9.59 Å². The average Bonchev–Trinajstić information content (AvgIpc) is 2.83. The van der Waals surface area contributed by atoms with Crippen molar-refractivity contribution in [1.82, 2.24) is 19.4 Å². The standard InChI is InChI=1S/C14H20N4O2/c19-13-4-2-1-3-5-16(13)10-14(20)17-6-7-18-11-15-8-12(18)9-17/h8,11H,1-7,9-10H2. The molecule has 0 aliphatic carbocycles. The van der Waals surface area contributed by atoms with Crippen molar-refractivity contribution in [3.05, 3.63) is 18.2 Å². The molecule has 1 fully saturated rings. The van der Waals surface area contributed by atoms with E-state index in [9.17, 15) is 9.59 Å². The number of hydrogen-bond acceptors (Lipinski definition) is 3. The van der Waals surface area contributed by atoms with E-state index in [1.807, 2.05) is 4.90 Å². The molecule has 6 nitrogen and oxygen atoms in total. The third-order valence-corrected chi connectivity index (χ3v) is 4.11. The van der Waals surface area contributed by atoms with Gasteiger partial charge in [0.05, 0.1) is 25.1 Å². The zero-order valence-corrected chi connectivity index (χ0v) is 11.6. The Labute approximate surface area is 118 Å². The number of imidazole rings is 1. The fourth-order valence-corrected chi connectivity index (χ4v) is 2.87. The minimum Gasteiger partial charge on any atom is -0.333 e. The summed E-state index contributed by atoms with van der Waals surface area (Å²) in [7, 11) is 0. The summed E-state index contributed by atoms with van der Waals surface area (Å²) in [5.41, 5.74) is 1.06. The lowest BCUT2D eigenvalue weighted by Gasteiger charge is -2.30. The summed E-state index contributed by atoms with van der Waals surface area (Å²) in [4.78, 5) is 31.9. The molecule has 3 rings (SSSR count). The number of amides is 2. The van der Waals surface area contributed by atoms with Gasteiger partial charge < -0.3 is 14.4 Å². The maximum absolute atomic E-state index is 12.4. The molecule has 2 amide bonds. The van der Waals surface area contributed by atoms with Crippen molar-refractivity contribution in [3.63, 3.8) is 0 Å². The van der Waals surface area contributed by atoms with Crippen LogP contribution in [0.1, 0.15) is 31.4 Å². The van der Waals surface area contributed by atoms with Crippen molar-refractivity contribution in [2.24, 2.45) is 0 Å². The number of fused-ring (bicyclic) bond motifs is 1. The molecule has 2 aliphatic rings. The van der Waals surface area contributed by atoms with Crippen LogP contribution >= 0.6 is 0 Å². The van der Waals surface area contributed by atoms with Crippen LogP contribution in [0.2, 0.25) is 0 Å². The minimum atomic E-state index is 0.0488. The zero-order chi connectivity index (χ0) is 13.9. The van der Waals surface area contributed by atoms with E-state index in [0.717, 1.165) is 38.0 Å². The van der Waals surface area contributed by atoms with E-state index in [1.54, 1.807) is 17.4 Å². The Morgan fingerprint density at radius 2 is 2.10 bits per heavy atom. The molecular weight excluding hydrogens is 256 g/mol. The molecule has 0 spiro atoms. The minimum absolute atomic E-state index is 0.0488. The van der Waals surface area contributed by atoms with E-state index in [1.165, 1.54) is 0 Å². The van der Waals surface area contributed by atoms with Gasteiger partial charge in [-0.1, -0.05) is 6.42 Å². The Kier molecular flexibility index (Phi) is 3.71. The number of carbonyl (C=O) groups is 2. The Morgan fingerprint density at radius 3 is 3.00 bits per heavy atom. The summed E-state index contributed by atoms with van der Waals surface area (Å²) in [6.45, 7) is 3.03. The van der Waals surface area contributed by atoms with E-state index < -0.39 is 0 Å². The highest BCUT2D eigenvalue weighted by atomic mass is 16.2. The van der Waals surface area contributed by atoms with E-state index in [-0.39, 0.29) is 18.4 Å². The first-order valence-corrected chi connectivity index (χ1v) is 7.28. The van der Waals surface area contributed by atoms with Crippen LogP contribution in [-0.2, 0) is 22.7 Å². The average molecular weight is 276 g/mol. The van der Waals surface area contributed by atoms with Crippen LogP contribution in [0.25, 0.3) is 0 Å². The number of likely N-dealkylation sites (tertiary alicyclic amines) is 1. The second-order valence-corrected chi connectivity index (χ2v) is 5.52. The molecule has 1 aromatic heterocycles. The third-order valence-electron chi connectivity index (χ3n) is 4.11. The molecule has 0 atom stereocenters. The smallest absolute Gasteiger partial charge is 0.242 e. The van der Waals surface area contributed by atoms with E-state index >= 15 is 0 Å². The van der Waals surface area contributed by atoms with Crippen molar-refractivity contribution in [1.29, 1.82) is 0 Å². The lowest BCUT2D eigenvalue weighted by Crippen LogP contribution is -2.45. The lowest BCUT2D eigenvalue weighted by molar-refractivity contribution is -0.141. The van der Waals surface area contributed by atoms with Crippen LogP contribution in [-0.4, -0.2) is 50.8 Å². The van der Waals surface area contributed by atoms with Crippen molar-refractivity contribution in [2.45, 2.75) is 38.8 Å². The molecule has 108 valence electrons. The zero-order valence-electron chi connectivity index (χ0n) is 11.6. The first-order valence-electron chi connectivity index (χ1n) is 7.28. The van der Waals surface area contributed by atoms with Crippen molar-refractivity contribution in [2.75, 3.05) is 19.6 Å². The Balaban J connectivity index is 1.61. The van der Waals surface area contributed by atoms with Gasteiger partial charge in [0, 0.05) is 32.3 Å². The van der Waals surface area contributed by atoms with Crippen LogP contribution in [0, 0.1) is 0 Å². The first-order chi connectivity index (χ1) is 9.74. The molecule has 0 unspecified atom stereocenters. The van der Waals surface area contributed by atoms with E-state index in [4.69, 9.17) is 0 Å². The molecule has 0 saturated carbocycles. The molecule has 0 aromatic carbocycles. The topological polar surface area (TPSA) is 58.4 Å². The molecule has 0 N–H and O–H groups in total. The van der Waals surface area contributed by atoms with Gasteiger partial charge in [0.25, 0.3) is 0 Å². The second-order valence-electron chi connectivity index (χ2n) is 5.52. The Morgan fingerprint density at radius 1 is 1.20 bits per heavy atom. The fourth-order valence-electron chi connectivity index (χ4n) is 2.87. The lowest BCUT2D eigenvalue weighted by atomic mass is 10.2. The first kappa shape index (κ1) is 13.1. The predicted octanol–water partition coefficient (Wildman–Crippen LogP) is 0.628. The summed E-state index contributed by atoms with van der Waals surface area (Å²) in [6.07, 6.45) is 7.23. The number of hydrogen-bond donors (Lipinski definition) is 0. The van der Waals surface area contributed by atoms with Crippen molar-refractivity contribution in [3.8, 4) is 0 Å². The fraction of sp³-hybridized carbons (Fsp3) is 0.643. The monoisotopic (exact) mass is 276 g/mol. The maximum atomic E-state index is 12.4. The number of aromatic nitrogens is 2. The van der Waals surface area contributed by atoms with E-state index in [0.29, 0.717) is 19.5 Å². The molecule has 1 saturated heterocycles. The predicted molar refractivity (Wildman–Crippen MR) is 72.7 cm³/mol. The van der Waals surface area contributed by atoms with Gasteiger partial charge in [-0.15, -0.1) is 0 Å². The van der Waals surface area contributed by atoms with Gasteiger partial charge >= 0.3 is 0 Å². The highest BCUT2D eigenvalue weighted by Gasteiger charge is 2.25. The van der Waals surface area contributed by atoms with Crippen LogP contribution in [0.5, 0.6) is 0 Å². The van der Waals surface area contributed by atoms with Gasteiger partial charge in [-0.05, 0) is 12.8 Å². The van der Waals surface area contributed by atoms with Crippen LogP contribution in [0.3, 0.4) is 0 Å². The second kappa shape index (κ2) is 5.64. The molecule has 3 heterocycles. The highest BCUT2D eigenvalue weighted by molar-refractivity contribution is 5.85. The third kappa shape index (κ3) is 2.69. The SMILES string of the molecule is O=C1CCCCCN1CC(=O)N1CCn2cncc2C1. The van der Waals surface area contributed by atoms with E-state index in [2.05, 4.69) is 9.55 Å². The van der Waals surface area contributed by atoms with Gasteiger partial charge in [-0.25, -0.2) is 4.98 Å². The van der Waals surface area contributed by atoms with Gasteiger partial charge in [-0.3, -0.25) is 9.59 Å². The Hall–Kier alpha value is -1.85. The molecule has 20 heavy (non-hydrogen) atoms. The summed E-state index contributed by atoms with van der Waals surface area (Å²) in [6, 6.07) is 0. The largest absolute Gasteiger partial charge is 0.333 e. The van der Waals surface area contributed by atoms with Crippen LogP contribution in [0.4, 0.5) is 0 Å². The summed E-state index contributed by atoms with van der Waals surface area (Å²) < 4.78 is 2.07. The molecule has 1 aromatic rings. The molecule has 2 aliphatic heterocycles. The number of nitrogens with zero attached hydrogens (tertiary/aromatic N) is 4. The maximum Gasteiger partial charge on any atom is 0.242 e. The summed E-state index contributed by atoms with van der Waals surface area (Å²) >= 11 is 0. The number of carbonyl (C=O) groups excluding carboxylic acids is 2.